The zero-order valence-corrected chi connectivity index (χ0v) is 17.4. The highest BCUT2D eigenvalue weighted by molar-refractivity contribution is 9.10. The van der Waals surface area contributed by atoms with Crippen LogP contribution >= 0.6 is 15.9 Å². The van der Waals surface area contributed by atoms with E-state index in [1.807, 2.05) is 19.1 Å². The first kappa shape index (κ1) is 20.3. The van der Waals surface area contributed by atoms with Crippen molar-refractivity contribution in [3.63, 3.8) is 0 Å². The van der Waals surface area contributed by atoms with Gasteiger partial charge in [-0.3, -0.25) is 4.79 Å². The minimum Gasteiger partial charge on any atom is -0.422 e. The summed E-state index contributed by atoms with van der Waals surface area (Å²) in [7, 11) is 0. The Morgan fingerprint density at radius 3 is 2.64 bits per heavy atom. The molecule has 0 atom stereocenters. The maximum Gasteiger partial charge on any atom is 0.343 e. The molecule has 0 saturated heterocycles. The summed E-state index contributed by atoms with van der Waals surface area (Å²) in [6, 6.07) is 12.5. The minimum atomic E-state index is -0.429. The number of hydrazone groups is 1. The Hall–Kier alpha value is -2.47. The molecule has 1 aliphatic carbocycles. The van der Waals surface area contributed by atoms with Crippen LogP contribution in [0.5, 0.6) is 5.75 Å². The zero-order valence-electron chi connectivity index (χ0n) is 15.8. The van der Waals surface area contributed by atoms with E-state index < -0.39 is 5.97 Å². The number of nitrogens with one attached hydrogen (secondary N) is 1. The number of benzene rings is 2. The van der Waals surface area contributed by atoms with Gasteiger partial charge in [-0.1, -0.05) is 53.4 Å². The summed E-state index contributed by atoms with van der Waals surface area (Å²) in [6.45, 7) is 1.86. The first-order chi connectivity index (χ1) is 13.5. The molecule has 0 spiro atoms. The molecular weight excluding hydrogens is 420 g/mol. The lowest BCUT2D eigenvalue weighted by atomic mass is 9.89. The summed E-state index contributed by atoms with van der Waals surface area (Å²) in [4.78, 5) is 24.7. The van der Waals surface area contributed by atoms with E-state index in [9.17, 15) is 9.59 Å². The lowest BCUT2D eigenvalue weighted by Crippen LogP contribution is -2.28. The van der Waals surface area contributed by atoms with Crippen LogP contribution in [0.25, 0.3) is 0 Å². The Bertz CT molecular complexity index is 889. The number of rotatable bonds is 5. The second kappa shape index (κ2) is 9.64. The van der Waals surface area contributed by atoms with Crippen molar-refractivity contribution in [3.05, 3.63) is 63.6 Å². The van der Waals surface area contributed by atoms with Crippen molar-refractivity contribution in [1.29, 1.82) is 0 Å². The van der Waals surface area contributed by atoms with E-state index in [1.54, 1.807) is 30.3 Å². The Morgan fingerprint density at radius 1 is 1.14 bits per heavy atom. The van der Waals surface area contributed by atoms with Crippen LogP contribution < -0.4 is 10.2 Å². The van der Waals surface area contributed by atoms with Crippen molar-refractivity contribution in [3.8, 4) is 5.75 Å². The molecule has 1 amide bonds. The van der Waals surface area contributed by atoms with E-state index in [1.165, 1.54) is 12.6 Å². The molecule has 0 radical (unpaired) electrons. The van der Waals surface area contributed by atoms with Gasteiger partial charge in [-0.05, 0) is 49.6 Å². The summed E-state index contributed by atoms with van der Waals surface area (Å²) in [5, 5.41) is 4.08. The first-order valence-electron chi connectivity index (χ1n) is 9.45. The molecule has 6 heteroatoms. The van der Waals surface area contributed by atoms with Crippen molar-refractivity contribution < 1.29 is 14.3 Å². The van der Waals surface area contributed by atoms with Crippen molar-refractivity contribution in [2.45, 2.75) is 39.0 Å². The quantitative estimate of drug-likeness (QED) is 0.306. The molecule has 0 heterocycles. The van der Waals surface area contributed by atoms with E-state index in [0.29, 0.717) is 16.9 Å². The number of hydrogen-bond acceptors (Lipinski definition) is 4. The van der Waals surface area contributed by atoms with Crippen molar-refractivity contribution in [2.75, 3.05) is 0 Å². The number of amides is 1. The topological polar surface area (TPSA) is 67.8 Å². The second-order valence-electron chi connectivity index (χ2n) is 6.96. The molecule has 1 fully saturated rings. The summed E-state index contributed by atoms with van der Waals surface area (Å²) in [5.74, 6) is -0.0652. The van der Waals surface area contributed by atoms with Crippen LogP contribution in [-0.4, -0.2) is 18.1 Å². The molecule has 1 saturated carbocycles. The molecule has 1 N–H and O–H groups in total. The fourth-order valence-electron chi connectivity index (χ4n) is 3.29. The summed E-state index contributed by atoms with van der Waals surface area (Å²) in [5.41, 5.74) is 4.57. The Kier molecular flexibility index (Phi) is 6.98. The lowest BCUT2D eigenvalue weighted by molar-refractivity contribution is -0.125. The maximum absolute atomic E-state index is 12.5. The van der Waals surface area contributed by atoms with Gasteiger partial charge in [0.05, 0.1) is 11.8 Å². The average molecular weight is 443 g/mol. The third-order valence-corrected chi connectivity index (χ3v) is 5.39. The predicted octanol–water partition coefficient (Wildman–Crippen LogP) is 5.01. The SMILES string of the molecule is Cc1ccccc1C(=O)Oc1ccc(Br)cc1C=NNC(=O)C1CCCCC1. The summed E-state index contributed by atoms with van der Waals surface area (Å²) < 4.78 is 6.40. The molecule has 146 valence electrons. The average Bonchev–Trinajstić information content (AvgIpc) is 2.70. The normalized spacial score (nSPS) is 14.8. The molecule has 5 nitrogen and oxygen atoms in total. The van der Waals surface area contributed by atoms with Crippen LogP contribution in [0.2, 0.25) is 0 Å². The standard InChI is InChI=1S/C22H23BrN2O3/c1-15-7-5-6-10-19(15)22(27)28-20-12-11-18(23)13-17(20)14-24-25-21(26)16-8-3-2-4-9-16/h5-7,10-14,16H,2-4,8-9H2,1H3,(H,25,26). The Balaban J connectivity index is 1.71. The number of hydrogen-bond donors (Lipinski definition) is 1. The van der Waals surface area contributed by atoms with Gasteiger partial charge in [0, 0.05) is 16.0 Å². The molecule has 2 aromatic rings. The summed E-state index contributed by atoms with van der Waals surface area (Å²) in [6.07, 6.45) is 6.71. The number of carbonyl (C=O) groups excluding carboxylic acids is 2. The van der Waals surface area contributed by atoms with Gasteiger partial charge < -0.3 is 4.74 Å². The monoisotopic (exact) mass is 442 g/mol. The minimum absolute atomic E-state index is 0.0340. The van der Waals surface area contributed by atoms with Gasteiger partial charge in [0.15, 0.2) is 0 Å². The Morgan fingerprint density at radius 2 is 1.89 bits per heavy atom. The Labute approximate surface area is 173 Å². The van der Waals surface area contributed by atoms with Crippen LogP contribution in [-0.2, 0) is 4.79 Å². The van der Waals surface area contributed by atoms with Gasteiger partial charge in [-0.15, -0.1) is 0 Å². The zero-order chi connectivity index (χ0) is 19.9. The largest absolute Gasteiger partial charge is 0.422 e. The van der Waals surface area contributed by atoms with Gasteiger partial charge in [0.1, 0.15) is 5.75 Å². The van der Waals surface area contributed by atoms with E-state index in [2.05, 4.69) is 26.5 Å². The van der Waals surface area contributed by atoms with Crippen LogP contribution in [0.1, 0.15) is 53.6 Å². The van der Waals surface area contributed by atoms with Crippen LogP contribution in [0.4, 0.5) is 0 Å². The summed E-state index contributed by atoms with van der Waals surface area (Å²) >= 11 is 3.41. The van der Waals surface area contributed by atoms with E-state index >= 15 is 0 Å². The number of aryl methyl sites for hydroxylation is 1. The van der Waals surface area contributed by atoms with Crippen LogP contribution in [0.3, 0.4) is 0 Å². The molecular formula is C22H23BrN2O3. The van der Waals surface area contributed by atoms with Gasteiger partial charge in [-0.2, -0.15) is 5.10 Å². The number of ether oxygens (including phenoxy) is 1. The van der Waals surface area contributed by atoms with Gasteiger partial charge >= 0.3 is 5.97 Å². The number of carbonyl (C=O) groups is 2. The lowest BCUT2D eigenvalue weighted by Gasteiger charge is -2.19. The van der Waals surface area contributed by atoms with Crippen molar-refractivity contribution in [1.82, 2.24) is 5.43 Å². The number of halogens is 1. The highest BCUT2D eigenvalue weighted by Gasteiger charge is 2.20. The highest BCUT2D eigenvalue weighted by atomic mass is 79.9. The second-order valence-corrected chi connectivity index (χ2v) is 7.87. The smallest absolute Gasteiger partial charge is 0.343 e. The molecule has 28 heavy (non-hydrogen) atoms. The van der Waals surface area contributed by atoms with Crippen molar-refractivity contribution in [2.24, 2.45) is 11.0 Å². The molecule has 0 bridgehead atoms. The number of esters is 1. The molecule has 0 aromatic heterocycles. The van der Waals surface area contributed by atoms with Crippen molar-refractivity contribution >= 4 is 34.0 Å². The fraction of sp³-hybridized carbons (Fsp3) is 0.318. The molecule has 1 aliphatic rings. The van der Waals surface area contributed by atoms with Gasteiger partial charge in [-0.25, -0.2) is 10.2 Å². The van der Waals surface area contributed by atoms with E-state index in [4.69, 9.17) is 4.74 Å². The van der Waals surface area contributed by atoms with Gasteiger partial charge in [0.2, 0.25) is 5.91 Å². The van der Waals surface area contributed by atoms with Gasteiger partial charge in [0.25, 0.3) is 0 Å². The first-order valence-corrected chi connectivity index (χ1v) is 10.2. The fourth-order valence-corrected chi connectivity index (χ4v) is 3.67. The third kappa shape index (κ3) is 5.29. The highest BCUT2D eigenvalue weighted by Crippen LogP contribution is 2.25. The van der Waals surface area contributed by atoms with Crippen LogP contribution in [0.15, 0.2) is 52.0 Å². The molecule has 0 aliphatic heterocycles. The molecule has 0 unspecified atom stereocenters. The third-order valence-electron chi connectivity index (χ3n) is 4.89. The molecule has 2 aromatic carbocycles. The molecule has 3 rings (SSSR count). The van der Waals surface area contributed by atoms with E-state index in [0.717, 1.165) is 35.7 Å². The van der Waals surface area contributed by atoms with E-state index in [-0.39, 0.29) is 11.8 Å². The maximum atomic E-state index is 12.5. The number of nitrogens with zero attached hydrogens (tertiary/aromatic N) is 1. The van der Waals surface area contributed by atoms with Crippen LogP contribution in [0, 0.1) is 12.8 Å². The predicted molar refractivity (Wildman–Crippen MR) is 113 cm³/mol.